The Bertz CT molecular complexity index is 494. The van der Waals surface area contributed by atoms with Gasteiger partial charge < -0.3 is 5.32 Å². The van der Waals surface area contributed by atoms with Crippen LogP contribution in [0, 0.1) is 0 Å². The molecule has 0 aromatic rings. The lowest BCUT2D eigenvalue weighted by atomic mass is 10.1. The zero-order valence-electron chi connectivity index (χ0n) is 11.5. The van der Waals surface area contributed by atoms with Crippen molar-refractivity contribution in [3.05, 3.63) is 12.2 Å². The lowest BCUT2D eigenvalue weighted by molar-refractivity contribution is -0.130. The first-order chi connectivity index (χ1) is 8.69. The van der Waals surface area contributed by atoms with E-state index in [1.165, 1.54) is 0 Å². The molecule has 1 heterocycles. The molecule has 1 saturated heterocycles. The number of rotatable bonds is 6. The van der Waals surface area contributed by atoms with Crippen molar-refractivity contribution >= 4 is 21.8 Å². The van der Waals surface area contributed by atoms with Crippen LogP contribution in [0.4, 0.5) is 4.79 Å². The minimum Gasteiger partial charge on any atom is -0.324 e. The van der Waals surface area contributed by atoms with Crippen LogP contribution in [0.15, 0.2) is 12.2 Å². The summed E-state index contributed by atoms with van der Waals surface area (Å²) in [6, 6.07) is -0.458. The molecule has 0 saturated carbocycles. The number of hydrogen-bond donors (Lipinski definition) is 1. The van der Waals surface area contributed by atoms with Crippen molar-refractivity contribution in [3.63, 3.8) is 0 Å². The van der Waals surface area contributed by atoms with Gasteiger partial charge in [0.25, 0.3) is 5.91 Å². The van der Waals surface area contributed by atoms with E-state index in [4.69, 9.17) is 0 Å². The molecule has 0 radical (unpaired) electrons. The van der Waals surface area contributed by atoms with Gasteiger partial charge in [0.05, 0.1) is 11.5 Å². The molecule has 1 N–H and O–H groups in total. The van der Waals surface area contributed by atoms with Crippen LogP contribution in [0.3, 0.4) is 0 Å². The van der Waals surface area contributed by atoms with Crippen LogP contribution in [0.2, 0.25) is 0 Å². The standard InChI is InChI=1S/C12H20N2O4S/c1-4-5-8-19(17,18)9-6-7-14-10(15)12(2,3)13-11(14)16/h4-5H,6-9H2,1-3H3,(H,13,16)/b5-4+. The number of imide groups is 1. The summed E-state index contributed by atoms with van der Waals surface area (Å²) in [7, 11) is -3.16. The van der Waals surface area contributed by atoms with Gasteiger partial charge in [0.1, 0.15) is 5.54 Å². The third-order valence-corrected chi connectivity index (χ3v) is 4.48. The molecule has 6 nitrogen and oxygen atoms in total. The monoisotopic (exact) mass is 288 g/mol. The van der Waals surface area contributed by atoms with Gasteiger partial charge in [-0.15, -0.1) is 0 Å². The quantitative estimate of drug-likeness (QED) is 0.576. The molecule has 0 bridgehead atoms. The van der Waals surface area contributed by atoms with Gasteiger partial charge in [-0.05, 0) is 27.2 Å². The highest BCUT2D eigenvalue weighted by molar-refractivity contribution is 7.91. The van der Waals surface area contributed by atoms with Crippen LogP contribution in [-0.2, 0) is 14.6 Å². The summed E-state index contributed by atoms with van der Waals surface area (Å²) >= 11 is 0. The Hall–Kier alpha value is -1.37. The van der Waals surface area contributed by atoms with E-state index >= 15 is 0 Å². The molecule has 0 aromatic carbocycles. The molecule has 1 fully saturated rings. The van der Waals surface area contributed by atoms with Crippen LogP contribution in [0.1, 0.15) is 27.2 Å². The van der Waals surface area contributed by atoms with E-state index in [0.717, 1.165) is 4.90 Å². The van der Waals surface area contributed by atoms with Crippen LogP contribution >= 0.6 is 0 Å². The lowest BCUT2D eigenvalue weighted by Crippen LogP contribution is -2.40. The van der Waals surface area contributed by atoms with E-state index < -0.39 is 21.4 Å². The molecule has 0 spiro atoms. The molecular weight excluding hydrogens is 268 g/mol. The van der Waals surface area contributed by atoms with Gasteiger partial charge in [-0.25, -0.2) is 13.2 Å². The molecule has 1 aliphatic heterocycles. The van der Waals surface area contributed by atoms with Crippen molar-refractivity contribution in [1.29, 1.82) is 0 Å². The van der Waals surface area contributed by atoms with Gasteiger partial charge in [-0.1, -0.05) is 12.2 Å². The zero-order valence-corrected chi connectivity index (χ0v) is 12.3. The largest absolute Gasteiger partial charge is 0.325 e. The molecule has 0 aliphatic carbocycles. The first-order valence-electron chi connectivity index (χ1n) is 6.15. The van der Waals surface area contributed by atoms with E-state index in [9.17, 15) is 18.0 Å². The minimum atomic E-state index is -3.16. The van der Waals surface area contributed by atoms with Crippen molar-refractivity contribution in [2.45, 2.75) is 32.7 Å². The second kappa shape index (κ2) is 5.73. The van der Waals surface area contributed by atoms with Crippen LogP contribution in [0.5, 0.6) is 0 Å². The smallest absolute Gasteiger partial charge is 0.324 e. The number of nitrogens with zero attached hydrogens (tertiary/aromatic N) is 1. The van der Waals surface area contributed by atoms with E-state index in [0.29, 0.717) is 0 Å². The van der Waals surface area contributed by atoms with Gasteiger partial charge in [-0.3, -0.25) is 9.69 Å². The van der Waals surface area contributed by atoms with E-state index in [1.54, 1.807) is 32.9 Å². The van der Waals surface area contributed by atoms with Gasteiger partial charge in [0.15, 0.2) is 9.84 Å². The number of nitrogens with one attached hydrogen (secondary N) is 1. The number of urea groups is 1. The molecular formula is C12H20N2O4S. The highest BCUT2D eigenvalue weighted by atomic mass is 32.2. The summed E-state index contributed by atoms with van der Waals surface area (Å²) in [5.41, 5.74) is -0.902. The number of allylic oxidation sites excluding steroid dienone is 1. The number of amides is 3. The number of hydrogen-bond acceptors (Lipinski definition) is 4. The molecule has 3 amide bonds. The highest BCUT2D eigenvalue weighted by Gasteiger charge is 2.43. The van der Waals surface area contributed by atoms with E-state index in [2.05, 4.69) is 5.32 Å². The Labute approximate surface area is 113 Å². The average molecular weight is 288 g/mol. The normalized spacial score (nSPS) is 19.2. The third kappa shape index (κ3) is 4.05. The Balaban J connectivity index is 2.51. The molecule has 0 unspecified atom stereocenters. The fourth-order valence-corrected chi connectivity index (χ4v) is 3.01. The molecule has 7 heteroatoms. The topological polar surface area (TPSA) is 83.6 Å². The third-order valence-electron chi connectivity index (χ3n) is 2.87. The predicted octanol–water partition coefficient (Wildman–Crippen LogP) is 0.698. The lowest BCUT2D eigenvalue weighted by Gasteiger charge is -2.15. The summed E-state index contributed by atoms with van der Waals surface area (Å²) in [6.07, 6.45) is 3.51. The Morgan fingerprint density at radius 2 is 1.95 bits per heavy atom. The van der Waals surface area contributed by atoms with Crippen molar-refractivity contribution < 1.29 is 18.0 Å². The van der Waals surface area contributed by atoms with Crippen molar-refractivity contribution in [2.75, 3.05) is 18.1 Å². The maximum atomic E-state index is 11.8. The maximum Gasteiger partial charge on any atom is 0.325 e. The first kappa shape index (κ1) is 15.7. The molecule has 1 rings (SSSR count). The summed E-state index contributed by atoms with van der Waals surface area (Å²) < 4.78 is 23.2. The Morgan fingerprint density at radius 1 is 1.32 bits per heavy atom. The summed E-state index contributed by atoms with van der Waals surface area (Å²) in [5, 5.41) is 2.55. The van der Waals surface area contributed by atoms with E-state index in [-0.39, 0.29) is 30.4 Å². The fourth-order valence-electron chi connectivity index (χ4n) is 1.79. The summed E-state index contributed by atoms with van der Waals surface area (Å²) in [5.74, 6) is -0.354. The molecule has 0 atom stereocenters. The summed E-state index contributed by atoms with van der Waals surface area (Å²) in [4.78, 5) is 24.5. The predicted molar refractivity (Wildman–Crippen MR) is 72.4 cm³/mol. The maximum absolute atomic E-state index is 11.8. The Kier molecular flexibility index (Phi) is 4.73. The first-order valence-corrected chi connectivity index (χ1v) is 7.97. The van der Waals surface area contributed by atoms with Gasteiger partial charge in [0, 0.05) is 6.54 Å². The van der Waals surface area contributed by atoms with Gasteiger partial charge >= 0.3 is 6.03 Å². The Morgan fingerprint density at radius 3 is 2.42 bits per heavy atom. The highest BCUT2D eigenvalue weighted by Crippen LogP contribution is 2.16. The van der Waals surface area contributed by atoms with Crippen LogP contribution < -0.4 is 5.32 Å². The van der Waals surface area contributed by atoms with Crippen LogP contribution in [0.25, 0.3) is 0 Å². The fraction of sp³-hybridized carbons (Fsp3) is 0.667. The van der Waals surface area contributed by atoms with Gasteiger partial charge in [-0.2, -0.15) is 0 Å². The number of carbonyl (C=O) groups is 2. The number of carbonyl (C=O) groups excluding carboxylic acids is 2. The second-order valence-electron chi connectivity index (χ2n) is 5.05. The van der Waals surface area contributed by atoms with Crippen molar-refractivity contribution in [1.82, 2.24) is 10.2 Å². The van der Waals surface area contributed by atoms with Crippen molar-refractivity contribution in [3.8, 4) is 0 Å². The minimum absolute atomic E-state index is 0.00483. The zero-order chi connectivity index (χ0) is 14.7. The molecule has 0 aromatic heterocycles. The molecule has 108 valence electrons. The number of sulfone groups is 1. The van der Waals surface area contributed by atoms with Crippen molar-refractivity contribution in [2.24, 2.45) is 0 Å². The summed E-state index contributed by atoms with van der Waals surface area (Å²) in [6.45, 7) is 5.13. The average Bonchev–Trinajstić information content (AvgIpc) is 2.48. The molecule has 19 heavy (non-hydrogen) atoms. The molecule has 1 aliphatic rings. The second-order valence-corrected chi connectivity index (χ2v) is 7.28. The van der Waals surface area contributed by atoms with Crippen LogP contribution in [-0.4, -0.2) is 48.8 Å². The SMILES string of the molecule is C/C=C/CS(=O)(=O)CCCN1C(=O)NC(C)(C)C1=O. The van der Waals surface area contributed by atoms with E-state index in [1.807, 2.05) is 0 Å². The van der Waals surface area contributed by atoms with Gasteiger partial charge in [0.2, 0.25) is 0 Å².